The molecule has 2 aliphatic rings. The molecule has 0 saturated heterocycles. The first-order valence-corrected chi connectivity index (χ1v) is 5.91. The zero-order valence-corrected chi connectivity index (χ0v) is 8.98. The van der Waals surface area contributed by atoms with Crippen LogP contribution in [-0.2, 0) is 4.79 Å². The lowest BCUT2D eigenvalue weighted by atomic mass is 9.92. The predicted octanol–water partition coefficient (Wildman–Crippen LogP) is 1.37. The average Bonchev–Trinajstić information content (AvgIpc) is 2.74. The van der Waals surface area contributed by atoms with Gasteiger partial charge >= 0.3 is 0 Å². The second kappa shape index (κ2) is 4.79. The van der Waals surface area contributed by atoms with E-state index in [4.69, 9.17) is 0 Å². The number of hydrogen-bond acceptors (Lipinski definition) is 2. The first-order chi connectivity index (χ1) is 7.27. The third-order valence-electron chi connectivity index (χ3n) is 3.44. The molecule has 1 saturated carbocycles. The van der Waals surface area contributed by atoms with Crippen LogP contribution in [0.5, 0.6) is 0 Å². The third-order valence-corrected chi connectivity index (χ3v) is 3.44. The predicted molar refractivity (Wildman–Crippen MR) is 58.3 cm³/mol. The molecule has 0 aromatic carbocycles. The minimum Gasteiger partial charge on any atom is -0.391 e. The van der Waals surface area contributed by atoms with Crippen molar-refractivity contribution < 1.29 is 9.90 Å². The van der Waals surface area contributed by atoms with Gasteiger partial charge in [-0.25, -0.2) is 0 Å². The Morgan fingerprint density at radius 1 is 1.20 bits per heavy atom. The number of rotatable bonds is 2. The van der Waals surface area contributed by atoms with Gasteiger partial charge < -0.3 is 10.4 Å². The van der Waals surface area contributed by atoms with Crippen LogP contribution in [0.25, 0.3) is 0 Å². The number of nitrogens with one attached hydrogen (secondary N) is 1. The summed E-state index contributed by atoms with van der Waals surface area (Å²) in [6, 6.07) is -0.00755. The van der Waals surface area contributed by atoms with Gasteiger partial charge in [0.05, 0.1) is 12.1 Å². The maximum Gasteiger partial charge on any atom is 0.224 e. The van der Waals surface area contributed by atoms with Gasteiger partial charge in [0.2, 0.25) is 5.91 Å². The Kier molecular flexibility index (Phi) is 3.41. The lowest BCUT2D eigenvalue weighted by Gasteiger charge is -2.29. The molecular formula is C12H19NO2. The summed E-state index contributed by atoms with van der Waals surface area (Å²) in [7, 11) is 0. The van der Waals surface area contributed by atoms with Crippen molar-refractivity contribution >= 4 is 5.91 Å². The minimum absolute atomic E-state index is 0.00755. The van der Waals surface area contributed by atoms with Crippen LogP contribution >= 0.6 is 0 Å². The number of aliphatic hydroxyl groups is 1. The molecule has 15 heavy (non-hydrogen) atoms. The summed E-state index contributed by atoms with van der Waals surface area (Å²) in [6.07, 6.45) is 9.44. The Morgan fingerprint density at radius 3 is 2.53 bits per heavy atom. The number of carbonyl (C=O) groups is 1. The Bertz CT molecular complexity index is 254. The first-order valence-electron chi connectivity index (χ1n) is 5.91. The molecule has 0 aromatic heterocycles. The van der Waals surface area contributed by atoms with Crippen LogP contribution in [0.2, 0.25) is 0 Å². The van der Waals surface area contributed by atoms with E-state index in [9.17, 15) is 9.90 Å². The average molecular weight is 209 g/mol. The van der Waals surface area contributed by atoms with E-state index in [2.05, 4.69) is 17.5 Å². The van der Waals surface area contributed by atoms with E-state index in [0.717, 1.165) is 38.5 Å². The smallest absolute Gasteiger partial charge is 0.224 e. The molecule has 0 aliphatic heterocycles. The van der Waals surface area contributed by atoms with E-state index < -0.39 is 0 Å². The maximum atomic E-state index is 11.8. The molecule has 2 atom stereocenters. The second-order valence-corrected chi connectivity index (χ2v) is 4.61. The number of carbonyl (C=O) groups excluding carboxylic acids is 1. The summed E-state index contributed by atoms with van der Waals surface area (Å²) < 4.78 is 0. The molecule has 0 aromatic rings. The number of allylic oxidation sites excluding steroid dienone is 2. The zero-order chi connectivity index (χ0) is 10.7. The van der Waals surface area contributed by atoms with Crippen LogP contribution < -0.4 is 5.32 Å². The maximum absolute atomic E-state index is 11.8. The Hall–Kier alpha value is -0.830. The van der Waals surface area contributed by atoms with Crippen LogP contribution in [0.1, 0.15) is 38.5 Å². The molecule has 3 nitrogen and oxygen atoms in total. The summed E-state index contributed by atoms with van der Waals surface area (Å²) in [5, 5.41) is 12.7. The zero-order valence-electron chi connectivity index (χ0n) is 8.98. The van der Waals surface area contributed by atoms with Crippen molar-refractivity contribution in [1.29, 1.82) is 0 Å². The molecule has 0 unspecified atom stereocenters. The fourth-order valence-corrected chi connectivity index (χ4v) is 2.41. The molecule has 1 fully saturated rings. The van der Waals surface area contributed by atoms with Gasteiger partial charge in [0.1, 0.15) is 0 Å². The monoisotopic (exact) mass is 209 g/mol. The molecule has 0 spiro atoms. The quantitative estimate of drug-likeness (QED) is 0.675. The van der Waals surface area contributed by atoms with Gasteiger partial charge in [-0.15, -0.1) is 0 Å². The Balaban J connectivity index is 1.82. The fourth-order valence-electron chi connectivity index (χ4n) is 2.41. The molecule has 2 aliphatic carbocycles. The molecule has 0 bridgehead atoms. The first kappa shape index (κ1) is 10.7. The molecule has 0 heterocycles. The lowest BCUT2D eigenvalue weighted by Crippen LogP contribution is -2.46. The Labute approximate surface area is 90.6 Å². The van der Waals surface area contributed by atoms with E-state index in [1.54, 1.807) is 0 Å². The largest absolute Gasteiger partial charge is 0.391 e. The van der Waals surface area contributed by atoms with Gasteiger partial charge in [0, 0.05) is 5.92 Å². The van der Waals surface area contributed by atoms with Crippen molar-refractivity contribution in [3.63, 3.8) is 0 Å². The van der Waals surface area contributed by atoms with Crippen LogP contribution in [0.15, 0.2) is 12.2 Å². The summed E-state index contributed by atoms with van der Waals surface area (Å²) in [5.41, 5.74) is 0. The van der Waals surface area contributed by atoms with E-state index in [1.165, 1.54) is 0 Å². The van der Waals surface area contributed by atoms with E-state index in [-0.39, 0.29) is 24.0 Å². The summed E-state index contributed by atoms with van der Waals surface area (Å²) in [6.45, 7) is 0. The van der Waals surface area contributed by atoms with Gasteiger partial charge in [-0.1, -0.05) is 25.0 Å². The van der Waals surface area contributed by atoms with E-state index in [1.807, 2.05) is 0 Å². The van der Waals surface area contributed by atoms with Crippen LogP contribution in [0.4, 0.5) is 0 Å². The van der Waals surface area contributed by atoms with E-state index >= 15 is 0 Å². The highest BCUT2D eigenvalue weighted by Gasteiger charge is 2.27. The van der Waals surface area contributed by atoms with Crippen molar-refractivity contribution in [1.82, 2.24) is 5.32 Å². The second-order valence-electron chi connectivity index (χ2n) is 4.61. The Morgan fingerprint density at radius 2 is 1.87 bits per heavy atom. The topological polar surface area (TPSA) is 49.3 Å². The van der Waals surface area contributed by atoms with Crippen molar-refractivity contribution in [2.75, 3.05) is 0 Å². The van der Waals surface area contributed by atoms with Gasteiger partial charge in [0.15, 0.2) is 0 Å². The minimum atomic E-state index is -0.336. The lowest BCUT2D eigenvalue weighted by molar-refractivity contribution is -0.126. The highest BCUT2D eigenvalue weighted by atomic mass is 16.3. The standard InChI is InChI=1S/C12H19NO2/c14-11-8-4-3-7-10(11)13-12(15)9-5-1-2-6-9/h1-2,9-11,14H,3-8H2,(H,13,15)/t10-,11-/m0/s1. The molecule has 2 rings (SSSR count). The molecule has 0 radical (unpaired) electrons. The number of amides is 1. The summed E-state index contributed by atoms with van der Waals surface area (Å²) in [5.74, 6) is 0.227. The molecule has 2 N–H and O–H groups in total. The molecule has 3 heteroatoms. The number of hydrogen-bond donors (Lipinski definition) is 2. The van der Waals surface area contributed by atoms with Crippen molar-refractivity contribution in [3.05, 3.63) is 12.2 Å². The van der Waals surface area contributed by atoms with Crippen LogP contribution in [0.3, 0.4) is 0 Å². The van der Waals surface area contributed by atoms with Crippen molar-refractivity contribution in [3.8, 4) is 0 Å². The summed E-state index contributed by atoms with van der Waals surface area (Å²) >= 11 is 0. The molecular weight excluding hydrogens is 190 g/mol. The van der Waals surface area contributed by atoms with Gasteiger partial charge in [-0.05, 0) is 25.7 Å². The van der Waals surface area contributed by atoms with Crippen molar-refractivity contribution in [2.24, 2.45) is 5.92 Å². The third kappa shape index (κ3) is 2.59. The SMILES string of the molecule is O=C(N[C@H]1CCCC[C@@H]1O)C1CC=CC1. The highest BCUT2D eigenvalue weighted by Crippen LogP contribution is 2.21. The van der Waals surface area contributed by atoms with Crippen LogP contribution in [-0.4, -0.2) is 23.2 Å². The fraction of sp³-hybridized carbons (Fsp3) is 0.750. The molecule has 1 amide bonds. The van der Waals surface area contributed by atoms with Crippen molar-refractivity contribution in [2.45, 2.75) is 50.7 Å². The van der Waals surface area contributed by atoms with Gasteiger partial charge in [0.25, 0.3) is 0 Å². The normalized spacial score (nSPS) is 31.8. The summed E-state index contributed by atoms with van der Waals surface area (Å²) in [4.78, 5) is 11.8. The highest BCUT2D eigenvalue weighted by molar-refractivity contribution is 5.79. The van der Waals surface area contributed by atoms with Gasteiger partial charge in [-0.3, -0.25) is 4.79 Å². The van der Waals surface area contributed by atoms with Crippen LogP contribution in [0, 0.1) is 5.92 Å². The molecule has 84 valence electrons. The number of aliphatic hydroxyl groups excluding tert-OH is 1. The van der Waals surface area contributed by atoms with E-state index in [0.29, 0.717) is 0 Å². The van der Waals surface area contributed by atoms with Gasteiger partial charge in [-0.2, -0.15) is 0 Å².